The van der Waals surface area contributed by atoms with Crippen molar-refractivity contribution in [1.29, 1.82) is 0 Å². The summed E-state index contributed by atoms with van der Waals surface area (Å²) >= 11 is 6.76. The van der Waals surface area contributed by atoms with Crippen LogP contribution in [0.4, 0.5) is 0 Å². The number of ketones is 2. The SMILES string of the molecule is CCCCCCOc1c(Cl)cc(C2C3=C(CC(C)(C)CC3=O)NC3=C2C(=O)CC(C)(C)C3)cc1OC. The molecule has 0 aromatic heterocycles. The van der Waals surface area contributed by atoms with Crippen molar-refractivity contribution in [2.24, 2.45) is 10.8 Å². The van der Waals surface area contributed by atoms with Gasteiger partial charge in [0.15, 0.2) is 23.1 Å². The van der Waals surface area contributed by atoms with Crippen LogP contribution in [0.1, 0.15) is 97.5 Å². The van der Waals surface area contributed by atoms with Gasteiger partial charge in [0.25, 0.3) is 0 Å². The summed E-state index contributed by atoms with van der Waals surface area (Å²) in [5, 5.41) is 4.00. The zero-order chi connectivity index (χ0) is 26.3. The Morgan fingerprint density at radius 2 is 1.50 bits per heavy atom. The van der Waals surface area contributed by atoms with Crippen molar-refractivity contribution in [3.8, 4) is 11.5 Å². The lowest BCUT2D eigenvalue weighted by Crippen LogP contribution is -2.42. The molecule has 0 atom stereocenters. The van der Waals surface area contributed by atoms with Crippen LogP contribution >= 0.6 is 11.6 Å². The molecule has 1 aromatic carbocycles. The van der Waals surface area contributed by atoms with E-state index in [0.29, 0.717) is 47.1 Å². The van der Waals surface area contributed by atoms with E-state index in [2.05, 4.69) is 39.9 Å². The number of ether oxygens (including phenoxy) is 2. The van der Waals surface area contributed by atoms with Gasteiger partial charge in [0.2, 0.25) is 0 Å². The first-order valence-electron chi connectivity index (χ1n) is 13.3. The predicted octanol–water partition coefficient (Wildman–Crippen LogP) is 7.28. The fourth-order valence-corrected chi connectivity index (χ4v) is 6.25. The zero-order valence-corrected chi connectivity index (χ0v) is 23.4. The second-order valence-corrected chi connectivity index (χ2v) is 12.6. The highest BCUT2D eigenvalue weighted by Gasteiger charge is 2.46. The maximum atomic E-state index is 13.5. The number of hydrogen-bond donors (Lipinski definition) is 1. The lowest BCUT2D eigenvalue weighted by atomic mass is 9.64. The van der Waals surface area contributed by atoms with Gasteiger partial charge in [-0.3, -0.25) is 9.59 Å². The molecule has 0 fully saturated rings. The summed E-state index contributed by atoms with van der Waals surface area (Å²) in [6.45, 7) is 11.2. The van der Waals surface area contributed by atoms with E-state index in [1.807, 2.05) is 12.1 Å². The Kier molecular flexibility index (Phi) is 7.62. The molecule has 0 saturated carbocycles. The number of methoxy groups -OCH3 is 1. The molecular weight excluding hydrogens is 474 g/mol. The van der Waals surface area contributed by atoms with Crippen molar-refractivity contribution < 1.29 is 19.1 Å². The standard InChI is InChI=1S/C30H40ClNO4/c1-7-8-9-10-11-36-28-19(31)12-18(13-24(28)35-6)25-26-20(14-29(2,3)16-22(26)33)32-21-15-30(4,5)17-23(34)27(21)25/h12-13,25,32H,7-11,14-17H2,1-6H3. The Morgan fingerprint density at radius 3 is 2.03 bits per heavy atom. The Morgan fingerprint density at radius 1 is 0.917 bits per heavy atom. The minimum atomic E-state index is -0.451. The van der Waals surface area contributed by atoms with Crippen LogP contribution in [0.3, 0.4) is 0 Å². The summed E-state index contributed by atoms with van der Waals surface area (Å²) in [5.41, 5.74) is 3.82. The van der Waals surface area contributed by atoms with Crippen LogP contribution in [0.15, 0.2) is 34.7 Å². The van der Waals surface area contributed by atoms with E-state index in [-0.39, 0.29) is 22.4 Å². The number of rotatable bonds is 8. The lowest BCUT2D eigenvalue weighted by Gasteiger charge is -2.44. The number of carbonyl (C=O) groups excluding carboxylic acids is 2. The highest BCUT2D eigenvalue weighted by Crippen LogP contribution is 2.52. The van der Waals surface area contributed by atoms with Gasteiger partial charge in [-0.15, -0.1) is 0 Å². The van der Waals surface area contributed by atoms with E-state index >= 15 is 0 Å². The quantitative estimate of drug-likeness (QED) is 0.370. The summed E-state index contributed by atoms with van der Waals surface area (Å²) in [4.78, 5) is 27.1. The lowest BCUT2D eigenvalue weighted by molar-refractivity contribution is -0.119. The zero-order valence-electron chi connectivity index (χ0n) is 22.6. The molecule has 0 radical (unpaired) electrons. The second-order valence-electron chi connectivity index (χ2n) is 12.2. The van der Waals surface area contributed by atoms with Gasteiger partial charge < -0.3 is 14.8 Å². The number of halogens is 1. The Labute approximate surface area is 220 Å². The highest BCUT2D eigenvalue weighted by molar-refractivity contribution is 6.32. The Balaban J connectivity index is 1.78. The van der Waals surface area contributed by atoms with Crippen LogP contribution in [0, 0.1) is 10.8 Å². The number of carbonyl (C=O) groups is 2. The summed E-state index contributed by atoms with van der Waals surface area (Å²) in [5.74, 6) is 0.781. The van der Waals surface area contributed by atoms with Crippen LogP contribution in [-0.4, -0.2) is 25.3 Å². The second kappa shape index (κ2) is 10.2. The highest BCUT2D eigenvalue weighted by atomic mass is 35.5. The summed E-state index contributed by atoms with van der Waals surface area (Å²) in [7, 11) is 1.60. The molecule has 0 unspecified atom stereocenters. The molecule has 1 aromatic rings. The van der Waals surface area contributed by atoms with Gasteiger partial charge in [0.1, 0.15) is 0 Å². The van der Waals surface area contributed by atoms with Gasteiger partial charge in [-0.25, -0.2) is 0 Å². The molecule has 6 heteroatoms. The molecule has 0 spiro atoms. The third-order valence-electron chi connectivity index (χ3n) is 7.55. The Bertz CT molecular complexity index is 1080. The van der Waals surface area contributed by atoms with Crippen LogP contribution in [0.5, 0.6) is 11.5 Å². The first-order valence-corrected chi connectivity index (χ1v) is 13.6. The smallest absolute Gasteiger partial charge is 0.179 e. The van der Waals surface area contributed by atoms with Gasteiger partial charge in [-0.05, 0) is 47.8 Å². The average molecular weight is 514 g/mol. The van der Waals surface area contributed by atoms with Crippen molar-refractivity contribution in [2.75, 3.05) is 13.7 Å². The van der Waals surface area contributed by atoms with E-state index in [1.165, 1.54) is 6.42 Å². The molecule has 1 N–H and O–H groups in total. The van der Waals surface area contributed by atoms with Gasteiger partial charge in [-0.2, -0.15) is 0 Å². The summed E-state index contributed by atoms with van der Waals surface area (Å²) in [6, 6.07) is 3.76. The van der Waals surface area contributed by atoms with E-state index in [1.54, 1.807) is 7.11 Å². The van der Waals surface area contributed by atoms with E-state index in [0.717, 1.165) is 49.1 Å². The van der Waals surface area contributed by atoms with Gasteiger partial charge in [0.05, 0.1) is 18.7 Å². The average Bonchev–Trinajstić information content (AvgIpc) is 2.76. The largest absolute Gasteiger partial charge is 0.493 e. The van der Waals surface area contributed by atoms with Crippen molar-refractivity contribution >= 4 is 23.2 Å². The van der Waals surface area contributed by atoms with Gasteiger partial charge >= 0.3 is 0 Å². The number of hydrogen-bond acceptors (Lipinski definition) is 5. The first kappa shape index (κ1) is 26.8. The molecule has 0 bridgehead atoms. The molecule has 1 heterocycles. The number of dihydropyridines is 1. The molecule has 3 aliphatic rings. The summed E-state index contributed by atoms with van der Waals surface area (Å²) in [6.07, 6.45) is 6.83. The molecular formula is C30H40ClNO4. The van der Waals surface area contributed by atoms with Gasteiger partial charge in [-0.1, -0.05) is 65.5 Å². The maximum Gasteiger partial charge on any atom is 0.179 e. The first-order chi connectivity index (χ1) is 17.0. The monoisotopic (exact) mass is 513 g/mol. The molecule has 36 heavy (non-hydrogen) atoms. The fraction of sp³-hybridized carbons (Fsp3) is 0.600. The Hall–Kier alpha value is -2.27. The number of benzene rings is 1. The fourth-order valence-electron chi connectivity index (χ4n) is 5.97. The topological polar surface area (TPSA) is 64.6 Å². The number of allylic oxidation sites excluding steroid dienone is 4. The number of Topliss-reactive ketones (excluding diaryl/α,β-unsaturated/α-hetero) is 2. The van der Waals surface area contributed by atoms with Crippen LogP contribution < -0.4 is 14.8 Å². The van der Waals surface area contributed by atoms with Crippen molar-refractivity contribution in [3.63, 3.8) is 0 Å². The minimum Gasteiger partial charge on any atom is -0.493 e. The summed E-state index contributed by atoms with van der Waals surface area (Å²) < 4.78 is 11.7. The van der Waals surface area contributed by atoms with E-state index in [9.17, 15) is 9.59 Å². The van der Waals surface area contributed by atoms with Crippen LogP contribution in [0.2, 0.25) is 5.02 Å². The molecule has 5 nitrogen and oxygen atoms in total. The molecule has 1 aliphatic heterocycles. The molecule has 196 valence electrons. The number of nitrogens with one attached hydrogen (secondary N) is 1. The van der Waals surface area contributed by atoms with E-state index in [4.69, 9.17) is 21.1 Å². The minimum absolute atomic E-state index is 0.0919. The maximum absolute atomic E-state index is 13.5. The van der Waals surface area contributed by atoms with Crippen molar-refractivity contribution in [2.45, 2.75) is 91.9 Å². The van der Waals surface area contributed by atoms with Crippen molar-refractivity contribution in [1.82, 2.24) is 5.32 Å². The molecule has 4 rings (SSSR count). The molecule has 2 aliphatic carbocycles. The van der Waals surface area contributed by atoms with Crippen molar-refractivity contribution in [3.05, 3.63) is 45.3 Å². The van der Waals surface area contributed by atoms with Gasteiger partial charge in [0, 0.05) is 41.3 Å². The number of unbranched alkanes of at least 4 members (excludes halogenated alkanes) is 3. The third kappa shape index (κ3) is 5.37. The van der Waals surface area contributed by atoms with Crippen LogP contribution in [0.25, 0.3) is 0 Å². The van der Waals surface area contributed by atoms with E-state index < -0.39 is 5.92 Å². The third-order valence-corrected chi connectivity index (χ3v) is 7.83. The predicted molar refractivity (Wildman–Crippen MR) is 144 cm³/mol. The molecule has 0 amide bonds. The normalized spacial score (nSPS) is 21.2. The molecule has 0 saturated heterocycles. The van der Waals surface area contributed by atoms with Crippen LogP contribution in [-0.2, 0) is 9.59 Å².